The van der Waals surface area contributed by atoms with Crippen molar-refractivity contribution in [3.63, 3.8) is 0 Å². The van der Waals surface area contributed by atoms with Crippen molar-refractivity contribution < 1.29 is 4.79 Å². The van der Waals surface area contributed by atoms with Gasteiger partial charge in [0.15, 0.2) is 0 Å². The molecule has 2 saturated heterocycles. The Kier molecular flexibility index (Phi) is 4.68. The van der Waals surface area contributed by atoms with E-state index in [-0.39, 0.29) is 12.1 Å². The Labute approximate surface area is 116 Å². The molecular formula is C14H28N4O. The summed E-state index contributed by atoms with van der Waals surface area (Å²) >= 11 is 0. The number of amides is 2. The molecule has 0 aromatic carbocycles. The summed E-state index contributed by atoms with van der Waals surface area (Å²) < 4.78 is 0. The van der Waals surface area contributed by atoms with Crippen molar-refractivity contribution in [2.75, 3.05) is 40.3 Å². The molecule has 2 aliphatic rings. The second-order valence-electron chi connectivity index (χ2n) is 6.20. The van der Waals surface area contributed by atoms with Crippen LogP contribution in [0.4, 0.5) is 4.79 Å². The maximum atomic E-state index is 12.4. The van der Waals surface area contributed by atoms with Gasteiger partial charge in [-0.3, -0.25) is 0 Å². The molecule has 0 saturated carbocycles. The van der Waals surface area contributed by atoms with Gasteiger partial charge in [-0.25, -0.2) is 4.79 Å². The molecule has 0 aromatic rings. The van der Waals surface area contributed by atoms with Crippen LogP contribution in [0.25, 0.3) is 0 Å². The Morgan fingerprint density at radius 3 is 2.74 bits per heavy atom. The van der Waals surface area contributed by atoms with Gasteiger partial charge in [-0.05, 0) is 52.2 Å². The number of rotatable bonds is 4. The summed E-state index contributed by atoms with van der Waals surface area (Å²) in [6.45, 7) is 5.92. The zero-order chi connectivity index (χ0) is 14.0. The van der Waals surface area contributed by atoms with Gasteiger partial charge >= 0.3 is 6.03 Å². The predicted octanol–water partition coefficient (Wildman–Crippen LogP) is 0.802. The van der Waals surface area contributed by atoms with E-state index in [2.05, 4.69) is 18.9 Å². The molecule has 19 heavy (non-hydrogen) atoms. The summed E-state index contributed by atoms with van der Waals surface area (Å²) in [5.41, 5.74) is 5.61. The van der Waals surface area contributed by atoms with E-state index in [1.54, 1.807) is 0 Å². The molecule has 110 valence electrons. The maximum Gasteiger partial charge on any atom is 0.320 e. The zero-order valence-electron chi connectivity index (χ0n) is 12.5. The molecule has 3 unspecified atom stereocenters. The van der Waals surface area contributed by atoms with Crippen molar-refractivity contribution in [3.05, 3.63) is 0 Å². The molecule has 2 amide bonds. The van der Waals surface area contributed by atoms with Gasteiger partial charge in [-0.2, -0.15) is 0 Å². The van der Waals surface area contributed by atoms with Crippen molar-refractivity contribution in [1.82, 2.24) is 14.7 Å². The average Bonchev–Trinajstić information content (AvgIpc) is 2.67. The number of likely N-dealkylation sites (N-methyl/N-ethyl adjacent to an activating group) is 1. The van der Waals surface area contributed by atoms with Crippen molar-refractivity contribution in [3.8, 4) is 0 Å². The topological polar surface area (TPSA) is 52.8 Å². The van der Waals surface area contributed by atoms with E-state index in [1.807, 2.05) is 16.8 Å². The van der Waals surface area contributed by atoms with Crippen molar-refractivity contribution in [2.45, 2.75) is 38.3 Å². The first-order valence-electron chi connectivity index (χ1n) is 7.46. The van der Waals surface area contributed by atoms with Crippen LogP contribution in [0.15, 0.2) is 0 Å². The lowest BCUT2D eigenvalue weighted by Gasteiger charge is -2.35. The summed E-state index contributed by atoms with van der Waals surface area (Å²) in [4.78, 5) is 18.7. The van der Waals surface area contributed by atoms with Crippen molar-refractivity contribution in [2.24, 2.45) is 11.7 Å². The molecule has 2 heterocycles. The second kappa shape index (κ2) is 6.09. The highest BCUT2D eigenvalue weighted by Crippen LogP contribution is 2.28. The van der Waals surface area contributed by atoms with Gasteiger partial charge in [0.2, 0.25) is 0 Å². The van der Waals surface area contributed by atoms with Gasteiger partial charge in [-0.1, -0.05) is 0 Å². The fraction of sp³-hybridized carbons (Fsp3) is 0.929. The lowest BCUT2D eigenvalue weighted by Crippen LogP contribution is -2.44. The molecule has 0 aliphatic carbocycles. The minimum absolute atomic E-state index is 0.180. The van der Waals surface area contributed by atoms with Gasteiger partial charge < -0.3 is 20.4 Å². The van der Waals surface area contributed by atoms with Crippen LogP contribution in [0.2, 0.25) is 0 Å². The van der Waals surface area contributed by atoms with Crippen LogP contribution in [0, 0.1) is 5.92 Å². The number of likely N-dealkylation sites (tertiary alicyclic amines) is 1. The number of nitrogens with zero attached hydrogens (tertiary/aromatic N) is 3. The molecule has 3 atom stereocenters. The van der Waals surface area contributed by atoms with Crippen LogP contribution in [0.3, 0.4) is 0 Å². The Morgan fingerprint density at radius 1 is 1.37 bits per heavy atom. The smallest absolute Gasteiger partial charge is 0.320 e. The van der Waals surface area contributed by atoms with E-state index >= 15 is 0 Å². The fourth-order valence-electron chi connectivity index (χ4n) is 3.50. The van der Waals surface area contributed by atoms with Crippen molar-refractivity contribution >= 4 is 6.03 Å². The Bertz CT molecular complexity index is 323. The number of carbonyl (C=O) groups is 1. The zero-order valence-corrected chi connectivity index (χ0v) is 12.5. The third kappa shape index (κ3) is 3.03. The van der Waals surface area contributed by atoms with Crippen LogP contribution < -0.4 is 5.73 Å². The first kappa shape index (κ1) is 14.6. The summed E-state index contributed by atoms with van der Waals surface area (Å²) in [5, 5.41) is 0. The van der Waals surface area contributed by atoms with Gasteiger partial charge in [-0.15, -0.1) is 0 Å². The minimum Gasteiger partial charge on any atom is -0.330 e. The first-order valence-corrected chi connectivity index (χ1v) is 7.46. The molecule has 0 radical (unpaired) electrons. The van der Waals surface area contributed by atoms with Crippen LogP contribution in [0.1, 0.15) is 26.2 Å². The highest BCUT2D eigenvalue weighted by atomic mass is 16.2. The molecule has 0 spiro atoms. The molecule has 2 rings (SSSR count). The van der Waals surface area contributed by atoms with E-state index in [0.717, 1.165) is 19.5 Å². The molecule has 2 aliphatic heterocycles. The van der Waals surface area contributed by atoms with Crippen LogP contribution >= 0.6 is 0 Å². The molecule has 5 heteroatoms. The number of carbonyl (C=O) groups excluding carboxylic acids is 1. The van der Waals surface area contributed by atoms with E-state index in [0.29, 0.717) is 18.5 Å². The number of piperidine rings is 1. The Balaban J connectivity index is 2.01. The average molecular weight is 268 g/mol. The number of nitrogens with two attached hydrogens (primary N) is 1. The first-order chi connectivity index (χ1) is 9.04. The summed E-state index contributed by atoms with van der Waals surface area (Å²) in [6.07, 6.45) is 3.38. The summed E-state index contributed by atoms with van der Waals surface area (Å²) in [6, 6.07) is 0.806. The third-order valence-electron chi connectivity index (χ3n) is 4.75. The molecule has 0 bridgehead atoms. The minimum atomic E-state index is 0.180. The Hall–Kier alpha value is -0.810. The van der Waals surface area contributed by atoms with E-state index in [4.69, 9.17) is 5.73 Å². The number of hydrogen-bond donors (Lipinski definition) is 1. The molecule has 5 nitrogen and oxygen atoms in total. The standard InChI is InChI=1S/C14H28N4O/c1-11(6-7-15)18-10-13(17(3)14(18)19)12-5-4-8-16(2)9-12/h11-13H,4-10,15H2,1-3H3. The summed E-state index contributed by atoms with van der Waals surface area (Å²) in [7, 11) is 4.13. The highest BCUT2D eigenvalue weighted by Gasteiger charge is 2.41. The van der Waals surface area contributed by atoms with Gasteiger partial charge in [0.1, 0.15) is 0 Å². The normalized spacial score (nSPS) is 31.1. The molecule has 2 fully saturated rings. The second-order valence-corrected chi connectivity index (χ2v) is 6.20. The monoisotopic (exact) mass is 268 g/mol. The molecular weight excluding hydrogens is 240 g/mol. The third-order valence-corrected chi connectivity index (χ3v) is 4.75. The Morgan fingerprint density at radius 2 is 2.11 bits per heavy atom. The quantitative estimate of drug-likeness (QED) is 0.820. The largest absolute Gasteiger partial charge is 0.330 e. The molecule has 0 aromatic heterocycles. The number of urea groups is 1. The van der Waals surface area contributed by atoms with Gasteiger partial charge in [0, 0.05) is 26.2 Å². The van der Waals surface area contributed by atoms with E-state index < -0.39 is 0 Å². The van der Waals surface area contributed by atoms with Gasteiger partial charge in [0.05, 0.1) is 6.04 Å². The summed E-state index contributed by atoms with van der Waals surface area (Å²) in [5.74, 6) is 0.614. The molecule has 2 N–H and O–H groups in total. The lowest BCUT2D eigenvalue weighted by atomic mass is 9.90. The fourth-order valence-corrected chi connectivity index (χ4v) is 3.50. The number of hydrogen-bond acceptors (Lipinski definition) is 3. The van der Waals surface area contributed by atoms with Gasteiger partial charge in [0.25, 0.3) is 0 Å². The van der Waals surface area contributed by atoms with Crippen LogP contribution in [-0.4, -0.2) is 73.1 Å². The predicted molar refractivity (Wildman–Crippen MR) is 77.0 cm³/mol. The highest BCUT2D eigenvalue weighted by molar-refractivity contribution is 5.77. The lowest BCUT2D eigenvalue weighted by molar-refractivity contribution is 0.141. The van der Waals surface area contributed by atoms with Crippen LogP contribution in [-0.2, 0) is 0 Å². The maximum absolute atomic E-state index is 12.4. The van der Waals surface area contributed by atoms with Crippen molar-refractivity contribution in [1.29, 1.82) is 0 Å². The van der Waals surface area contributed by atoms with E-state index in [9.17, 15) is 4.79 Å². The van der Waals surface area contributed by atoms with Crippen LogP contribution in [0.5, 0.6) is 0 Å². The SMILES string of the molecule is CC(CCN)N1CC(C2CCCN(C)C2)N(C)C1=O. The van der Waals surface area contributed by atoms with E-state index in [1.165, 1.54) is 19.4 Å².